The molecule has 5 nitrogen and oxygen atoms in total. The summed E-state index contributed by atoms with van der Waals surface area (Å²) >= 11 is 0. The van der Waals surface area contributed by atoms with Crippen LogP contribution in [0.3, 0.4) is 0 Å². The third kappa shape index (κ3) is 4.70. The number of urea groups is 1. The smallest absolute Gasteiger partial charge is 0.320 e. The summed E-state index contributed by atoms with van der Waals surface area (Å²) in [6.07, 6.45) is 2.61. The van der Waals surface area contributed by atoms with Gasteiger partial charge in [-0.25, -0.2) is 4.79 Å². The van der Waals surface area contributed by atoms with Gasteiger partial charge in [0.25, 0.3) is 0 Å². The Balaban J connectivity index is 1.60. The van der Waals surface area contributed by atoms with Gasteiger partial charge in [-0.1, -0.05) is 60.7 Å². The van der Waals surface area contributed by atoms with E-state index in [1.54, 1.807) is 16.9 Å². The molecule has 2 amide bonds. The van der Waals surface area contributed by atoms with Crippen molar-refractivity contribution in [2.75, 3.05) is 11.9 Å². The van der Waals surface area contributed by atoms with Crippen molar-refractivity contribution in [3.05, 3.63) is 84.1 Å². The molecule has 0 radical (unpaired) electrons. The van der Waals surface area contributed by atoms with Crippen LogP contribution in [-0.2, 0) is 7.05 Å². The molecule has 5 heteroatoms. The first-order valence-electron chi connectivity index (χ1n) is 8.37. The van der Waals surface area contributed by atoms with Crippen molar-refractivity contribution in [1.29, 1.82) is 0 Å². The first-order valence-corrected chi connectivity index (χ1v) is 8.37. The van der Waals surface area contributed by atoms with E-state index in [0.29, 0.717) is 12.4 Å². The third-order valence-electron chi connectivity index (χ3n) is 4.08. The Kier molecular flexibility index (Phi) is 5.46. The van der Waals surface area contributed by atoms with Crippen LogP contribution in [0.5, 0.6) is 0 Å². The number of carbonyl (C=O) groups excluding carboxylic acids is 1. The quantitative estimate of drug-likeness (QED) is 0.721. The van der Waals surface area contributed by atoms with E-state index in [-0.39, 0.29) is 11.9 Å². The Hall–Kier alpha value is -3.08. The number of aryl methyl sites for hydroxylation is 1. The second kappa shape index (κ2) is 8.15. The van der Waals surface area contributed by atoms with Gasteiger partial charge in [0.2, 0.25) is 0 Å². The number of nitrogens with zero attached hydrogens (tertiary/aromatic N) is 2. The number of nitrogens with one attached hydrogen (secondary N) is 2. The van der Waals surface area contributed by atoms with Crippen LogP contribution in [0, 0.1) is 0 Å². The number of hydrogen-bond acceptors (Lipinski definition) is 2. The lowest BCUT2D eigenvalue weighted by Gasteiger charge is -2.18. The molecule has 0 atom stereocenters. The van der Waals surface area contributed by atoms with Crippen LogP contribution < -0.4 is 10.6 Å². The minimum Gasteiger partial charge on any atom is -0.338 e. The molecule has 0 aliphatic heterocycles. The van der Waals surface area contributed by atoms with Crippen LogP contribution in [0.2, 0.25) is 0 Å². The molecule has 128 valence electrons. The zero-order valence-electron chi connectivity index (χ0n) is 14.2. The van der Waals surface area contributed by atoms with Crippen molar-refractivity contribution < 1.29 is 4.79 Å². The molecule has 0 fully saturated rings. The Bertz CT molecular complexity index is 759. The van der Waals surface area contributed by atoms with Crippen molar-refractivity contribution in [1.82, 2.24) is 15.1 Å². The molecule has 0 saturated carbocycles. The van der Waals surface area contributed by atoms with Gasteiger partial charge in [0.15, 0.2) is 5.82 Å². The fourth-order valence-electron chi connectivity index (χ4n) is 2.87. The van der Waals surface area contributed by atoms with E-state index in [2.05, 4.69) is 40.0 Å². The maximum absolute atomic E-state index is 12.0. The lowest BCUT2D eigenvalue weighted by Crippen LogP contribution is -2.30. The van der Waals surface area contributed by atoms with Crippen LogP contribution in [0.1, 0.15) is 23.5 Å². The molecule has 2 N–H and O–H groups in total. The van der Waals surface area contributed by atoms with Crippen LogP contribution in [-0.4, -0.2) is 22.4 Å². The van der Waals surface area contributed by atoms with Crippen molar-refractivity contribution in [3.8, 4) is 0 Å². The van der Waals surface area contributed by atoms with Crippen LogP contribution in [0.15, 0.2) is 72.9 Å². The third-order valence-corrected chi connectivity index (χ3v) is 4.08. The number of aromatic nitrogens is 2. The minimum atomic E-state index is -0.237. The molecule has 0 aliphatic carbocycles. The van der Waals surface area contributed by atoms with E-state index in [1.165, 1.54) is 11.1 Å². The summed E-state index contributed by atoms with van der Waals surface area (Å²) in [7, 11) is 1.81. The average molecular weight is 334 g/mol. The maximum Gasteiger partial charge on any atom is 0.320 e. The Morgan fingerprint density at radius 2 is 1.60 bits per heavy atom. The largest absolute Gasteiger partial charge is 0.338 e. The first-order chi connectivity index (χ1) is 12.2. The molecular formula is C20H22N4O. The number of carbonyl (C=O) groups is 1. The predicted molar refractivity (Wildman–Crippen MR) is 99.6 cm³/mol. The summed E-state index contributed by atoms with van der Waals surface area (Å²) in [6.45, 7) is 0.577. The van der Waals surface area contributed by atoms with Crippen LogP contribution in [0.4, 0.5) is 10.6 Å². The lowest BCUT2D eigenvalue weighted by atomic mass is 9.88. The molecule has 1 heterocycles. The number of benzene rings is 2. The Morgan fingerprint density at radius 3 is 2.12 bits per heavy atom. The molecular weight excluding hydrogens is 312 g/mol. The standard InChI is InChI=1S/C20H22N4O/c1-24-15-13-19(23-24)22-20(25)21-14-12-18(16-8-4-2-5-9-16)17-10-6-3-7-11-17/h2-11,13,15,18H,12,14H2,1H3,(H2,21,22,23,25). The molecule has 0 unspecified atom stereocenters. The predicted octanol–water partition coefficient (Wildman–Crippen LogP) is 3.76. The molecule has 0 aliphatic rings. The summed E-state index contributed by atoms with van der Waals surface area (Å²) in [4.78, 5) is 12.0. The highest BCUT2D eigenvalue weighted by Crippen LogP contribution is 2.27. The van der Waals surface area contributed by atoms with Gasteiger partial charge in [0, 0.05) is 31.8 Å². The van der Waals surface area contributed by atoms with Gasteiger partial charge >= 0.3 is 6.03 Å². The van der Waals surface area contributed by atoms with E-state index < -0.39 is 0 Å². The molecule has 3 rings (SSSR count). The molecule has 2 aromatic carbocycles. The second-order valence-corrected chi connectivity index (χ2v) is 5.92. The molecule has 0 saturated heterocycles. The highest BCUT2D eigenvalue weighted by atomic mass is 16.2. The Morgan fingerprint density at radius 1 is 1.00 bits per heavy atom. The SMILES string of the molecule is Cn1ccc(NC(=O)NCCC(c2ccccc2)c2ccccc2)n1. The van der Waals surface area contributed by atoms with Gasteiger partial charge < -0.3 is 5.32 Å². The van der Waals surface area contributed by atoms with Crippen molar-refractivity contribution in [3.63, 3.8) is 0 Å². The van der Waals surface area contributed by atoms with E-state index in [4.69, 9.17) is 0 Å². The van der Waals surface area contributed by atoms with Crippen molar-refractivity contribution in [2.24, 2.45) is 7.05 Å². The fraction of sp³-hybridized carbons (Fsp3) is 0.200. The first kappa shape index (κ1) is 16.8. The van der Waals surface area contributed by atoms with Gasteiger partial charge in [0.1, 0.15) is 0 Å². The monoisotopic (exact) mass is 334 g/mol. The van der Waals surface area contributed by atoms with E-state index in [9.17, 15) is 4.79 Å². The molecule has 1 aromatic heterocycles. The van der Waals surface area contributed by atoms with E-state index >= 15 is 0 Å². The lowest BCUT2D eigenvalue weighted by molar-refractivity contribution is 0.251. The summed E-state index contributed by atoms with van der Waals surface area (Å²) < 4.78 is 1.65. The summed E-state index contributed by atoms with van der Waals surface area (Å²) in [5.74, 6) is 0.792. The van der Waals surface area contributed by atoms with Crippen molar-refractivity contribution >= 4 is 11.8 Å². The summed E-state index contributed by atoms with van der Waals surface area (Å²) in [6, 6.07) is 22.3. The van der Waals surface area contributed by atoms with Gasteiger partial charge in [-0.2, -0.15) is 5.10 Å². The number of hydrogen-bond donors (Lipinski definition) is 2. The zero-order chi connectivity index (χ0) is 17.5. The molecule has 0 spiro atoms. The molecule has 25 heavy (non-hydrogen) atoms. The van der Waals surface area contributed by atoms with Crippen LogP contribution >= 0.6 is 0 Å². The van der Waals surface area contributed by atoms with E-state index in [0.717, 1.165) is 6.42 Å². The summed E-state index contributed by atoms with van der Waals surface area (Å²) in [5.41, 5.74) is 2.50. The average Bonchev–Trinajstić information content (AvgIpc) is 3.05. The minimum absolute atomic E-state index is 0.237. The number of amides is 2. The van der Waals surface area contributed by atoms with Gasteiger partial charge in [-0.3, -0.25) is 10.00 Å². The van der Waals surface area contributed by atoms with Gasteiger partial charge in [-0.05, 0) is 17.5 Å². The van der Waals surface area contributed by atoms with Gasteiger partial charge in [0.05, 0.1) is 0 Å². The fourth-order valence-corrected chi connectivity index (χ4v) is 2.87. The zero-order valence-corrected chi connectivity index (χ0v) is 14.2. The Labute approximate surface area is 147 Å². The summed E-state index contributed by atoms with van der Waals surface area (Å²) in [5, 5.41) is 9.78. The number of rotatable bonds is 6. The highest BCUT2D eigenvalue weighted by Gasteiger charge is 2.14. The van der Waals surface area contributed by atoms with Gasteiger partial charge in [-0.15, -0.1) is 0 Å². The second-order valence-electron chi connectivity index (χ2n) is 5.92. The molecule has 0 bridgehead atoms. The molecule has 3 aromatic rings. The topological polar surface area (TPSA) is 59.0 Å². The van der Waals surface area contributed by atoms with Crippen molar-refractivity contribution in [2.45, 2.75) is 12.3 Å². The maximum atomic E-state index is 12.0. The van der Waals surface area contributed by atoms with E-state index in [1.807, 2.05) is 43.4 Å². The van der Waals surface area contributed by atoms with Crippen LogP contribution in [0.25, 0.3) is 0 Å². The normalized spacial score (nSPS) is 10.6. The highest BCUT2D eigenvalue weighted by molar-refractivity contribution is 5.88. The number of anilines is 1.